The number of amides is 1. The standard InChI is InChI=1S/C53H62N2O15/c1-9-55(10-2)28-39(59)68-43(41(33-20-14-11-15-21-33)54-47(61)34-22-16-12-17-23-34)49(63)67-36-27-53(64)46(69-48(62)35-24-18-13-19-25-35)44-51(8,37(58)26-38-52(44,29-65-38)70-32(5)57)45(60)42(66-31(4)56)40(30(36)3)50(53,6)7/h11-25,36-38,41-44,46,58,64H,9-10,26-29H2,1-8H3,(H,54,61)/t36-,37-,38+,41-,42+,43+,44-,46-,51+,52-,53+/m0/s1. The maximum absolute atomic E-state index is 15.7. The lowest BCUT2D eigenvalue weighted by atomic mass is 9.44. The summed E-state index contributed by atoms with van der Waals surface area (Å²) in [5.74, 6) is -7.70. The third-order valence-electron chi connectivity index (χ3n) is 15.0. The van der Waals surface area contributed by atoms with Gasteiger partial charge in [-0.2, -0.15) is 0 Å². The van der Waals surface area contributed by atoms with Crippen LogP contribution in [-0.2, 0) is 52.4 Å². The largest absolute Gasteiger partial charge is 0.455 e. The van der Waals surface area contributed by atoms with Gasteiger partial charge < -0.3 is 44.0 Å². The molecule has 374 valence electrons. The van der Waals surface area contributed by atoms with Crippen LogP contribution in [0.1, 0.15) is 101 Å². The number of esters is 5. The Morgan fingerprint density at radius 2 is 1.41 bits per heavy atom. The van der Waals surface area contributed by atoms with Gasteiger partial charge in [-0.1, -0.05) is 94.4 Å². The topological polar surface area (TPSA) is 231 Å². The summed E-state index contributed by atoms with van der Waals surface area (Å²) in [6.45, 7) is 12.4. The van der Waals surface area contributed by atoms with E-state index in [-0.39, 0.29) is 41.8 Å². The van der Waals surface area contributed by atoms with Crippen molar-refractivity contribution in [2.45, 2.75) is 122 Å². The predicted molar refractivity (Wildman–Crippen MR) is 249 cm³/mol. The molecule has 3 fully saturated rings. The summed E-state index contributed by atoms with van der Waals surface area (Å²) in [6, 6.07) is 23.0. The first-order valence-electron chi connectivity index (χ1n) is 23.6. The van der Waals surface area contributed by atoms with Gasteiger partial charge in [-0.15, -0.1) is 0 Å². The normalized spacial score (nSPS) is 29.6. The minimum atomic E-state index is -2.44. The van der Waals surface area contributed by atoms with Crippen molar-refractivity contribution in [3.8, 4) is 0 Å². The Morgan fingerprint density at radius 1 is 0.829 bits per heavy atom. The van der Waals surface area contributed by atoms with Crippen molar-refractivity contribution in [1.29, 1.82) is 0 Å². The highest BCUT2D eigenvalue weighted by molar-refractivity contribution is 5.96. The van der Waals surface area contributed by atoms with E-state index in [1.54, 1.807) is 97.6 Å². The lowest BCUT2D eigenvalue weighted by molar-refractivity contribution is -0.346. The van der Waals surface area contributed by atoms with Crippen molar-refractivity contribution in [3.63, 3.8) is 0 Å². The van der Waals surface area contributed by atoms with E-state index in [0.717, 1.165) is 13.8 Å². The van der Waals surface area contributed by atoms with Crippen molar-refractivity contribution in [2.24, 2.45) is 16.7 Å². The Balaban J connectivity index is 1.42. The number of fused-ring (bicyclic) bond motifs is 5. The molecule has 1 amide bonds. The van der Waals surface area contributed by atoms with Gasteiger partial charge in [0.25, 0.3) is 5.91 Å². The van der Waals surface area contributed by atoms with Gasteiger partial charge in [0, 0.05) is 37.7 Å². The molecule has 3 aromatic rings. The molecule has 0 unspecified atom stereocenters. The molecule has 1 heterocycles. The molecular formula is C53H62N2O15. The second-order valence-electron chi connectivity index (χ2n) is 19.3. The SMILES string of the molecule is CCN(CC)CC(=O)O[C@@H](C(=O)O[C@H]1C[C@@]2(O)[C@@H](OC(=O)c3ccccc3)[C@@H]3[C@]4(OC(C)=O)CO[C@@H]4C[C@H](O)[C@@]3(C)C(=O)[C@H](OC(C)=O)C(=C1C)C2(C)C)[C@@H](NC(=O)c1ccccc1)c1ccccc1. The fourth-order valence-electron chi connectivity index (χ4n) is 11.1. The van der Waals surface area contributed by atoms with Crippen LogP contribution in [0.3, 0.4) is 0 Å². The maximum Gasteiger partial charge on any atom is 0.350 e. The number of nitrogens with zero attached hydrogens (tertiary/aromatic N) is 1. The Labute approximate surface area is 406 Å². The summed E-state index contributed by atoms with van der Waals surface area (Å²) in [5.41, 5.74) is -7.25. The van der Waals surface area contributed by atoms with Crippen LogP contribution in [0.2, 0.25) is 0 Å². The average Bonchev–Trinajstić information content (AvgIpc) is 3.33. The Bertz CT molecular complexity index is 2510. The van der Waals surface area contributed by atoms with E-state index in [0.29, 0.717) is 18.7 Å². The predicted octanol–water partition coefficient (Wildman–Crippen LogP) is 4.63. The molecule has 2 bridgehead atoms. The van der Waals surface area contributed by atoms with Crippen LogP contribution in [-0.4, -0.2) is 131 Å². The monoisotopic (exact) mass is 966 g/mol. The van der Waals surface area contributed by atoms with Gasteiger partial charge in [-0.05, 0) is 67.9 Å². The summed E-state index contributed by atoms with van der Waals surface area (Å²) >= 11 is 0. The third kappa shape index (κ3) is 9.27. The van der Waals surface area contributed by atoms with E-state index in [9.17, 15) is 34.2 Å². The highest BCUT2D eigenvalue weighted by Crippen LogP contribution is 2.64. The van der Waals surface area contributed by atoms with Crippen LogP contribution in [0.25, 0.3) is 0 Å². The van der Waals surface area contributed by atoms with Crippen LogP contribution in [0.4, 0.5) is 0 Å². The van der Waals surface area contributed by atoms with Gasteiger partial charge in [0.2, 0.25) is 6.10 Å². The fourth-order valence-corrected chi connectivity index (χ4v) is 11.1. The fraction of sp³-hybridized carbons (Fsp3) is 0.491. The van der Waals surface area contributed by atoms with Crippen molar-refractivity contribution in [3.05, 3.63) is 119 Å². The number of benzene rings is 3. The minimum Gasteiger partial charge on any atom is -0.455 e. The molecule has 11 atom stereocenters. The van der Waals surface area contributed by atoms with Crippen LogP contribution in [0, 0.1) is 16.7 Å². The number of aliphatic hydroxyl groups is 2. The van der Waals surface area contributed by atoms with Gasteiger partial charge >= 0.3 is 29.8 Å². The van der Waals surface area contributed by atoms with Crippen molar-refractivity contribution in [2.75, 3.05) is 26.2 Å². The lowest BCUT2D eigenvalue weighted by Crippen LogP contribution is -2.82. The Hall–Kier alpha value is -6.27. The molecule has 0 radical (unpaired) electrons. The molecule has 3 aromatic carbocycles. The zero-order valence-electron chi connectivity index (χ0n) is 40.7. The molecule has 17 nitrogen and oxygen atoms in total. The van der Waals surface area contributed by atoms with E-state index >= 15 is 9.59 Å². The van der Waals surface area contributed by atoms with E-state index in [1.807, 2.05) is 13.8 Å². The molecule has 0 spiro atoms. The molecule has 17 heteroatoms. The number of ether oxygens (including phenoxy) is 6. The van der Waals surface area contributed by atoms with Crippen LogP contribution in [0.15, 0.2) is 102 Å². The highest BCUT2D eigenvalue weighted by Gasteiger charge is 2.78. The molecule has 70 heavy (non-hydrogen) atoms. The summed E-state index contributed by atoms with van der Waals surface area (Å²) in [5, 5.41) is 29.0. The second-order valence-corrected chi connectivity index (χ2v) is 19.3. The van der Waals surface area contributed by atoms with E-state index in [2.05, 4.69) is 5.32 Å². The van der Waals surface area contributed by atoms with E-state index < -0.39 is 119 Å². The first-order valence-corrected chi connectivity index (χ1v) is 23.6. The number of hydrogen-bond acceptors (Lipinski definition) is 16. The molecule has 4 aliphatic rings. The summed E-state index contributed by atoms with van der Waals surface area (Å²) < 4.78 is 36.9. The van der Waals surface area contributed by atoms with Crippen LogP contribution in [0.5, 0.6) is 0 Å². The number of carbonyl (C=O) groups excluding carboxylic acids is 7. The number of hydrogen-bond donors (Lipinski definition) is 3. The average molecular weight is 967 g/mol. The third-order valence-corrected chi connectivity index (χ3v) is 15.0. The number of nitrogens with one attached hydrogen (secondary N) is 1. The van der Waals surface area contributed by atoms with Gasteiger partial charge in [-0.25, -0.2) is 9.59 Å². The molecule has 7 rings (SSSR count). The van der Waals surface area contributed by atoms with Gasteiger partial charge in [0.15, 0.2) is 17.5 Å². The highest BCUT2D eigenvalue weighted by atomic mass is 16.6. The van der Waals surface area contributed by atoms with Gasteiger partial charge in [0.1, 0.15) is 30.0 Å². The Kier molecular flexibility index (Phi) is 14.9. The molecule has 1 aliphatic heterocycles. The van der Waals surface area contributed by atoms with E-state index in [4.69, 9.17) is 28.4 Å². The molecule has 0 aromatic heterocycles. The van der Waals surface area contributed by atoms with Crippen molar-refractivity contribution >= 4 is 41.5 Å². The van der Waals surface area contributed by atoms with Gasteiger partial charge in [0.05, 0.1) is 36.2 Å². The van der Waals surface area contributed by atoms with Crippen LogP contribution < -0.4 is 5.32 Å². The number of rotatable bonds is 15. The zero-order chi connectivity index (χ0) is 50.9. The molecule has 2 saturated carbocycles. The summed E-state index contributed by atoms with van der Waals surface area (Å²) in [6.07, 6.45) is -10.6. The van der Waals surface area contributed by atoms with E-state index in [1.165, 1.54) is 26.0 Å². The smallest absolute Gasteiger partial charge is 0.350 e. The molecule has 3 aliphatic carbocycles. The molecule has 3 N–H and O–H groups in total. The first kappa shape index (κ1) is 51.6. The lowest BCUT2D eigenvalue weighted by Gasteiger charge is -2.67. The zero-order valence-corrected chi connectivity index (χ0v) is 40.7. The maximum atomic E-state index is 15.7. The number of ketones is 1. The summed E-state index contributed by atoms with van der Waals surface area (Å²) in [4.78, 5) is 101. The van der Waals surface area contributed by atoms with Crippen molar-refractivity contribution < 1.29 is 72.2 Å². The van der Waals surface area contributed by atoms with Crippen molar-refractivity contribution in [1.82, 2.24) is 10.2 Å². The summed E-state index contributed by atoms with van der Waals surface area (Å²) in [7, 11) is 0. The number of likely N-dealkylation sites (N-methyl/N-ethyl adjacent to an activating group) is 1. The quantitative estimate of drug-likeness (QED) is 0.107. The number of carbonyl (C=O) groups is 7. The number of Topliss-reactive ketones (excluding diaryl/α,β-unsaturated/α-hetero) is 1. The minimum absolute atomic E-state index is 0.0209. The van der Waals surface area contributed by atoms with Crippen LogP contribution >= 0.6 is 0 Å². The Morgan fingerprint density at radius 3 is 1.96 bits per heavy atom. The number of aliphatic hydroxyl groups excluding tert-OH is 1. The molecule has 1 saturated heterocycles. The first-order chi connectivity index (χ1) is 33.1. The molecular weight excluding hydrogens is 905 g/mol. The van der Waals surface area contributed by atoms with Gasteiger partial charge in [-0.3, -0.25) is 28.9 Å². The second kappa shape index (κ2) is 20.2.